The molecule has 12 heteroatoms. The molecule has 10 nitrogen and oxygen atoms in total. The first-order chi connectivity index (χ1) is 20.9. The maximum atomic E-state index is 13.3. The van der Waals surface area contributed by atoms with Crippen LogP contribution >= 0.6 is 11.6 Å². The summed E-state index contributed by atoms with van der Waals surface area (Å²) < 4.78 is 25.6. The van der Waals surface area contributed by atoms with Crippen molar-refractivity contribution < 1.29 is 13.2 Å². The number of hydrogen-bond donors (Lipinski definition) is 2. The molecule has 2 fully saturated rings. The highest BCUT2D eigenvalue weighted by Gasteiger charge is 2.35. The van der Waals surface area contributed by atoms with Crippen molar-refractivity contribution in [1.29, 1.82) is 0 Å². The van der Waals surface area contributed by atoms with Gasteiger partial charge in [0.15, 0.2) is 0 Å². The fourth-order valence-electron chi connectivity index (χ4n) is 6.12. The normalized spacial score (nSPS) is 18.6. The fraction of sp³-hybridized carbons (Fsp3) is 0.469. The van der Waals surface area contributed by atoms with Crippen LogP contribution in [-0.4, -0.2) is 95.7 Å². The summed E-state index contributed by atoms with van der Waals surface area (Å²) in [4.78, 5) is 32.2. The summed E-state index contributed by atoms with van der Waals surface area (Å²) in [6, 6.07) is 9.93. The summed E-state index contributed by atoms with van der Waals surface area (Å²) in [7, 11) is -3.37. The molecular formula is C32H40ClN7O3S. The molecule has 5 rings (SSSR count). The molecule has 4 heterocycles. The lowest BCUT2D eigenvalue weighted by atomic mass is 9.97. The monoisotopic (exact) mass is 637 g/mol. The number of nitrogens with one attached hydrogen (secondary N) is 2. The Bertz CT molecular complexity index is 1620. The Morgan fingerprint density at radius 1 is 1.14 bits per heavy atom. The third-order valence-corrected chi connectivity index (χ3v) is 9.36. The number of piperidine rings is 1. The number of nitrogens with zero attached hydrogens (tertiary/aromatic N) is 5. The Morgan fingerprint density at radius 2 is 1.86 bits per heavy atom. The first-order valence-corrected chi connectivity index (χ1v) is 17.3. The van der Waals surface area contributed by atoms with E-state index in [1.807, 2.05) is 17.2 Å². The summed E-state index contributed by atoms with van der Waals surface area (Å²) in [5.41, 5.74) is 1.32. The number of aromatic amines is 1. The number of piperazine rings is 1. The second-order valence-corrected chi connectivity index (χ2v) is 14.2. The highest BCUT2D eigenvalue weighted by atomic mass is 35.5. The molecule has 3 aromatic rings. The number of halogens is 1. The standard InChI is InChI=1S/C32H40ClN7O3S/c1-5-26-22-39(30-28(33)20-25(21-36-30)29-34-14-15-35-29)18-19-40(26)27-11-16-38(17-12-27)31(41)24-8-6-23(7-9-24)10-13-32(2,3)37-44(4,42)43/h6-9,14-15,20-21,26-27,37H,5,11-12,16-19,22H2,1-4H3,(H,34,35)/t26-/m0/s1. The van der Waals surface area contributed by atoms with Crippen LogP contribution in [0.5, 0.6) is 0 Å². The number of benzene rings is 1. The van der Waals surface area contributed by atoms with E-state index in [-0.39, 0.29) is 5.91 Å². The second-order valence-electron chi connectivity index (χ2n) is 12.1. The second kappa shape index (κ2) is 13.3. The molecule has 1 amide bonds. The molecule has 0 radical (unpaired) electrons. The number of amides is 1. The quantitative estimate of drug-likeness (QED) is 0.376. The maximum absolute atomic E-state index is 13.3. The minimum Gasteiger partial charge on any atom is -0.353 e. The zero-order valence-corrected chi connectivity index (χ0v) is 27.2. The van der Waals surface area contributed by atoms with Gasteiger partial charge >= 0.3 is 0 Å². The molecule has 0 unspecified atom stereocenters. The number of sulfonamides is 1. The highest BCUT2D eigenvalue weighted by molar-refractivity contribution is 7.88. The minimum atomic E-state index is -3.37. The van der Waals surface area contributed by atoms with Crippen LogP contribution in [0.1, 0.15) is 56.0 Å². The van der Waals surface area contributed by atoms with Crippen LogP contribution < -0.4 is 9.62 Å². The smallest absolute Gasteiger partial charge is 0.253 e. The van der Waals surface area contributed by atoms with Crippen LogP contribution in [0.15, 0.2) is 48.9 Å². The molecule has 1 atom stereocenters. The van der Waals surface area contributed by atoms with E-state index >= 15 is 0 Å². The van der Waals surface area contributed by atoms with E-state index in [0.717, 1.165) is 67.9 Å². The van der Waals surface area contributed by atoms with Gasteiger partial charge in [-0.05, 0) is 63.4 Å². The summed E-state index contributed by atoms with van der Waals surface area (Å²) in [6.45, 7) is 9.71. The summed E-state index contributed by atoms with van der Waals surface area (Å²) >= 11 is 6.69. The van der Waals surface area contributed by atoms with Gasteiger partial charge in [-0.2, -0.15) is 4.72 Å². The van der Waals surface area contributed by atoms with E-state index in [4.69, 9.17) is 16.6 Å². The first-order valence-electron chi connectivity index (χ1n) is 15.0. The maximum Gasteiger partial charge on any atom is 0.253 e. The number of likely N-dealkylation sites (tertiary alicyclic amines) is 1. The molecule has 44 heavy (non-hydrogen) atoms. The Hall–Kier alpha value is -3.43. The van der Waals surface area contributed by atoms with Crippen molar-refractivity contribution in [2.24, 2.45) is 0 Å². The number of anilines is 1. The van der Waals surface area contributed by atoms with Crippen molar-refractivity contribution in [1.82, 2.24) is 29.5 Å². The SMILES string of the molecule is CC[C@H]1CN(c2ncc(-c3ncc[nH]3)cc2Cl)CCN1C1CCN(C(=O)c2ccc(C#CC(C)(C)NS(C)(=O)=O)cc2)CC1. The molecule has 1 aromatic carbocycles. The van der Waals surface area contributed by atoms with Gasteiger partial charge in [0.05, 0.1) is 16.8 Å². The zero-order valence-electron chi connectivity index (χ0n) is 25.7. The molecule has 2 aromatic heterocycles. The average molecular weight is 638 g/mol. The van der Waals surface area contributed by atoms with E-state index in [9.17, 15) is 13.2 Å². The molecule has 0 bridgehead atoms. The number of pyridine rings is 1. The van der Waals surface area contributed by atoms with Crippen LogP contribution in [0.2, 0.25) is 5.02 Å². The molecule has 2 aliphatic heterocycles. The average Bonchev–Trinajstić information content (AvgIpc) is 3.54. The van der Waals surface area contributed by atoms with Crippen LogP contribution in [0.4, 0.5) is 5.82 Å². The van der Waals surface area contributed by atoms with Gasteiger partial charge in [-0.1, -0.05) is 30.4 Å². The number of imidazole rings is 1. The largest absolute Gasteiger partial charge is 0.353 e. The van der Waals surface area contributed by atoms with Crippen molar-refractivity contribution in [3.63, 3.8) is 0 Å². The summed E-state index contributed by atoms with van der Waals surface area (Å²) in [6.07, 6.45) is 9.32. The lowest BCUT2D eigenvalue weighted by Crippen LogP contribution is -2.58. The van der Waals surface area contributed by atoms with Gasteiger partial charge in [0, 0.05) is 80.1 Å². The lowest BCUT2D eigenvalue weighted by Gasteiger charge is -2.47. The van der Waals surface area contributed by atoms with Crippen LogP contribution in [0, 0.1) is 11.8 Å². The Balaban J connectivity index is 1.15. The van der Waals surface area contributed by atoms with Gasteiger partial charge in [0.25, 0.3) is 5.91 Å². The van der Waals surface area contributed by atoms with Crippen molar-refractivity contribution in [3.8, 4) is 23.2 Å². The number of carbonyl (C=O) groups is 1. The molecule has 0 spiro atoms. The number of rotatable bonds is 7. The molecule has 2 N–H and O–H groups in total. The third kappa shape index (κ3) is 7.80. The van der Waals surface area contributed by atoms with Gasteiger partial charge in [0.2, 0.25) is 10.0 Å². The van der Waals surface area contributed by atoms with E-state index < -0.39 is 15.6 Å². The fourth-order valence-corrected chi connectivity index (χ4v) is 7.38. The van der Waals surface area contributed by atoms with E-state index in [1.54, 1.807) is 50.5 Å². The van der Waals surface area contributed by atoms with Gasteiger partial charge in [0.1, 0.15) is 11.6 Å². The van der Waals surface area contributed by atoms with Gasteiger partial charge < -0.3 is 14.8 Å². The number of hydrogen-bond acceptors (Lipinski definition) is 7. The predicted octanol–water partition coefficient (Wildman–Crippen LogP) is 4.01. The Labute approximate surface area is 265 Å². The predicted molar refractivity (Wildman–Crippen MR) is 174 cm³/mol. The van der Waals surface area contributed by atoms with Gasteiger partial charge in [-0.15, -0.1) is 0 Å². The molecule has 234 valence electrons. The highest BCUT2D eigenvalue weighted by Crippen LogP contribution is 2.31. The minimum absolute atomic E-state index is 0.0256. The third-order valence-electron chi connectivity index (χ3n) is 8.20. The van der Waals surface area contributed by atoms with Crippen LogP contribution in [-0.2, 0) is 10.0 Å². The number of H-pyrrole nitrogens is 1. The molecular weight excluding hydrogens is 598 g/mol. The molecule has 2 saturated heterocycles. The zero-order chi connectivity index (χ0) is 31.5. The Kier molecular flexibility index (Phi) is 9.65. The van der Waals surface area contributed by atoms with Crippen LogP contribution in [0.25, 0.3) is 11.4 Å². The van der Waals surface area contributed by atoms with E-state index in [0.29, 0.717) is 35.8 Å². The molecule has 0 saturated carbocycles. The number of aromatic nitrogens is 3. The first kappa shape index (κ1) is 32.0. The van der Waals surface area contributed by atoms with Crippen molar-refractivity contribution in [2.45, 2.75) is 57.7 Å². The van der Waals surface area contributed by atoms with Crippen LogP contribution in [0.3, 0.4) is 0 Å². The Morgan fingerprint density at radius 3 is 2.48 bits per heavy atom. The van der Waals surface area contributed by atoms with Gasteiger partial charge in [-0.25, -0.2) is 18.4 Å². The lowest BCUT2D eigenvalue weighted by molar-refractivity contribution is 0.0491. The molecule has 0 aliphatic carbocycles. The topological polar surface area (TPSA) is 115 Å². The van der Waals surface area contributed by atoms with Gasteiger partial charge in [-0.3, -0.25) is 9.69 Å². The molecule has 2 aliphatic rings. The van der Waals surface area contributed by atoms with Crippen molar-refractivity contribution in [3.05, 3.63) is 65.1 Å². The van der Waals surface area contributed by atoms with E-state index in [2.05, 4.69) is 43.3 Å². The van der Waals surface area contributed by atoms with E-state index in [1.165, 1.54) is 0 Å². The number of carbonyl (C=O) groups excluding carboxylic acids is 1. The van der Waals surface area contributed by atoms with Crippen molar-refractivity contribution >= 4 is 33.3 Å². The van der Waals surface area contributed by atoms with Crippen molar-refractivity contribution in [2.75, 3.05) is 43.9 Å². The summed E-state index contributed by atoms with van der Waals surface area (Å²) in [5, 5.41) is 0.627. The summed E-state index contributed by atoms with van der Waals surface area (Å²) in [5.74, 6) is 7.54.